The maximum Gasteiger partial charge on any atom is 0.332 e. The van der Waals surface area contributed by atoms with Crippen molar-refractivity contribution in [2.24, 2.45) is 0 Å². The van der Waals surface area contributed by atoms with Crippen LogP contribution in [0.25, 0.3) is 0 Å². The van der Waals surface area contributed by atoms with E-state index in [9.17, 15) is 4.79 Å². The molecule has 0 aliphatic carbocycles. The summed E-state index contributed by atoms with van der Waals surface area (Å²) in [5, 5.41) is 0. The van der Waals surface area contributed by atoms with Crippen LogP contribution in [-0.2, 0) is 9.53 Å². The second kappa shape index (κ2) is 2.39. The zero-order valence-corrected chi connectivity index (χ0v) is 4.52. The molecule has 0 aromatic rings. The Labute approximate surface area is 42.8 Å². The maximum atomic E-state index is 10.2. The molecular weight excluding hydrogens is 94.0 g/mol. The molecule has 0 radical (unpaired) electrons. The van der Waals surface area contributed by atoms with Gasteiger partial charge in [-0.25, -0.2) is 4.79 Å². The van der Waals surface area contributed by atoms with E-state index >= 15 is 0 Å². The van der Waals surface area contributed by atoms with E-state index in [0.29, 0.717) is 5.57 Å². The minimum atomic E-state index is -0.347. The van der Waals surface area contributed by atoms with Gasteiger partial charge in [-0.15, -0.1) is 0 Å². The highest BCUT2D eigenvalue weighted by atomic mass is 16.7. The second-order valence-electron chi connectivity index (χ2n) is 1.27. The first kappa shape index (κ1) is 6.21. The van der Waals surface area contributed by atoms with Crippen LogP contribution >= 0.6 is 0 Å². The van der Waals surface area contributed by atoms with Crippen LogP contribution in [0.5, 0.6) is 0 Å². The van der Waals surface area contributed by atoms with Crippen LogP contribution in [0.1, 0.15) is 6.92 Å². The Balaban J connectivity index is 3.58. The molecule has 0 atom stereocenters. The van der Waals surface area contributed by atoms with Gasteiger partial charge >= 0.3 is 5.97 Å². The van der Waals surface area contributed by atoms with Gasteiger partial charge in [0.15, 0.2) is 0 Å². The van der Waals surface area contributed by atoms with Gasteiger partial charge < -0.3 is 4.74 Å². The summed E-state index contributed by atoms with van der Waals surface area (Å²) in [5.41, 5.74) is 0.433. The molecule has 0 rings (SSSR count). The van der Waals surface area contributed by atoms with Crippen molar-refractivity contribution in [3.63, 3.8) is 0 Å². The number of ether oxygens (including phenoxy) is 1. The molecule has 0 aromatic carbocycles. The van der Waals surface area contributed by atoms with Crippen LogP contribution in [0.2, 0.25) is 0 Å². The first-order valence-corrected chi connectivity index (χ1v) is 1.92. The van der Waals surface area contributed by atoms with Crippen molar-refractivity contribution in [2.75, 3.05) is 7.11 Å². The molecule has 40 valence electrons. The largest absolute Gasteiger partial charge is 0.466 e. The lowest BCUT2D eigenvalue weighted by Crippen LogP contribution is -1.98. The van der Waals surface area contributed by atoms with Crippen molar-refractivity contribution in [3.05, 3.63) is 12.2 Å². The van der Waals surface area contributed by atoms with Gasteiger partial charge in [-0.2, -0.15) is 0 Å². The van der Waals surface area contributed by atoms with E-state index in [1.807, 2.05) is 0 Å². The molecular formula is C5H8O2. The van der Waals surface area contributed by atoms with Crippen LogP contribution in [0.4, 0.5) is 0 Å². The van der Waals surface area contributed by atoms with E-state index in [0.717, 1.165) is 0 Å². The van der Waals surface area contributed by atoms with E-state index in [2.05, 4.69) is 11.3 Å². The fourth-order valence-corrected chi connectivity index (χ4v) is 0.174. The average molecular weight is 102 g/mol. The molecule has 0 fully saturated rings. The maximum absolute atomic E-state index is 10.2. The number of hydrogen-bond acceptors (Lipinski definition) is 2. The van der Waals surface area contributed by atoms with Crippen molar-refractivity contribution in [3.8, 4) is 0 Å². The zero-order chi connectivity index (χ0) is 5.86. The summed E-state index contributed by atoms with van der Waals surface area (Å²) in [6, 6.07) is 0. The third-order valence-corrected chi connectivity index (χ3v) is 0.534. The second-order valence-corrected chi connectivity index (χ2v) is 1.27. The van der Waals surface area contributed by atoms with Gasteiger partial charge in [-0.3, -0.25) is 0 Å². The minimum absolute atomic E-state index is 0.347. The Morgan fingerprint density at radius 2 is 2.29 bits per heavy atom. The summed E-state index contributed by atoms with van der Waals surface area (Å²) in [6.07, 6.45) is 0. The summed E-state index contributed by atoms with van der Waals surface area (Å²) < 4.78 is 4.27. The molecule has 0 saturated heterocycles. The van der Waals surface area contributed by atoms with Gasteiger partial charge in [-0.05, 0) is 6.92 Å². The van der Waals surface area contributed by atoms with Gasteiger partial charge in [0.2, 0.25) is 0 Å². The lowest BCUT2D eigenvalue weighted by atomic mass is 10.4. The molecule has 0 aromatic heterocycles. The molecule has 0 spiro atoms. The number of hydrogen-bond donors (Lipinski definition) is 0. The SMILES string of the molecule is C=C(C)C(=O)O[14CH3]. The number of rotatable bonds is 1. The number of carbonyl (C=O) groups is 1. The van der Waals surface area contributed by atoms with Crippen molar-refractivity contribution in [2.45, 2.75) is 6.92 Å². The Morgan fingerprint density at radius 1 is 1.86 bits per heavy atom. The van der Waals surface area contributed by atoms with Crippen LogP contribution in [0.15, 0.2) is 12.2 Å². The monoisotopic (exact) mass is 102 g/mol. The van der Waals surface area contributed by atoms with Gasteiger partial charge in [0.05, 0.1) is 7.11 Å². The Bertz CT molecular complexity index is 94.3. The molecule has 0 amide bonds. The average Bonchev–Trinajstić information content (AvgIpc) is 1.65. The predicted octanol–water partition coefficient (Wildman–Crippen LogP) is 0.736. The fourth-order valence-electron chi connectivity index (χ4n) is 0.174. The first-order chi connectivity index (χ1) is 3.18. The smallest absolute Gasteiger partial charge is 0.332 e. The highest BCUT2D eigenvalue weighted by molar-refractivity contribution is 5.86. The fraction of sp³-hybridized carbons (Fsp3) is 0.400. The Morgan fingerprint density at radius 3 is 2.29 bits per heavy atom. The molecule has 0 heterocycles. The first-order valence-electron chi connectivity index (χ1n) is 1.92. The highest BCUT2D eigenvalue weighted by Crippen LogP contribution is 1.87. The molecule has 2 heteroatoms. The molecule has 0 unspecified atom stereocenters. The van der Waals surface area contributed by atoms with Gasteiger partial charge in [-0.1, -0.05) is 6.58 Å². The summed E-state index contributed by atoms with van der Waals surface area (Å²) in [4.78, 5) is 10.2. The number of esters is 1. The third kappa shape index (κ3) is 1.98. The summed E-state index contributed by atoms with van der Waals surface area (Å²) in [5.74, 6) is -0.347. The molecule has 0 aliphatic rings. The van der Waals surface area contributed by atoms with Gasteiger partial charge in [0.25, 0.3) is 0 Å². The number of methoxy groups -OCH3 is 1. The van der Waals surface area contributed by atoms with Crippen LogP contribution < -0.4 is 0 Å². The van der Waals surface area contributed by atoms with Crippen LogP contribution in [0, 0.1) is 0 Å². The molecule has 0 saturated carbocycles. The van der Waals surface area contributed by atoms with Crippen molar-refractivity contribution >= 4 is 5.97 Å². The third-order valence-electron chi connectivity index (χ3n) is 0.534. The predicted molar refractivity (Wildman–Crippen MR) is 26.8 cm³/mol. The summed E-state index contributed by atoms with van der Waals surface area (Å²) >= 11 is 0. The van der Waals surface area contributed by atoms with E-state index in [1.54, 1.807) is 6.92 Å². The Hall–Kier alpha value is -0.790. The number of carbonyl (C=O) groups excluding carboxylic acids is 1. The van der Waals surface area contributed by atoms with Crippen molar-refractivity contribution in [1.29, 1.82) is 0 Å². The lowest BCUT2D eigenvalue weighted by molar-refractivity contribution is -0.135. The zero-order valence-electron chi connectivity index (χ0n) is 4.52. The highest BCUT2D eigenvalue weighted by Gasteiger charge is 1.95. The molecule has 0 N–H and O–H groups in total. The van der Waals surface area contributed by atoms with Crippen molar-refractivity contribution < 1.29 is 9.53 Å². The van der Waals surface area contributed by atoms with E-state index in [-0.39, 0.29) is 5.97 Å². The van der Waals surface area contributed by atoms with Gasteiger partial charge in [0.1, 0.15) is 0 Å². The summed E-state index contributed by atoms with van der Waals surface area (Å²) in [7, 11) is 1.33. The van der Waals surface area contributed by atoms with E-state index in [4.69, 9.17) is 0 Å². The molecule has 0 bridgehead atoms. The van der Waals surface area contributed by atoms with Crippen LogP contribution in [0.3, 0.4) is 0 Å². The quantitative estimate of drug-likeness (QED) is 0.360. The van der Waals surface area contributed by atoms with E-state index in [1.165, 1.54) is 7.11 Å². The van der Waals surface area contributed by atoms with E-state index < -0.39 is 0 Å². The Kier molecular flexibility index (Phi) is 2.12. The molecule has 2 nitrogen and oxygen atoms in total. The standard InChI is InChI=1S/C5H8O2/c1-4(2)5(6)7-3/h1H2,2-3H3/i3+2. The topological polar surface area (TPSA) is 26.3 Å². The normalized spacial score (nSPS) is 7.71. The summed E-state index contributed by atoms with van der Waals surface area (Å²) in [6.45, 7) is 4.95. The lowest BCUT2D eigenvalue weighted by Gasteiger charge is -1.91. The van der Waals surface area contributed by atoms with Crippen molar-refractivity contribution in [1.82, 2.24) is 0 Å². The van der Waals surface area contributed by atoms with Gasteiger partial charge in [0, 0.05) is 5.57 Å². The minimum Gasteiger partial charge on any atom is -0.466 e. The molecule has 7 heavy (non-hydrogen) atoms. The van der Waals surface area contributed by atoms with Crippen LogP contribution in [-0.4, -0.2) is 13.1 Å². The molecule has 0 aliphatic heterocycles.